The molecule has 5 nitrogen and oxygen atoms in total. The summed E-state index contributed by atoms with van der Waals surface area (Å²) in [7, 11) is 0. The van der Waals surface area contributed by atoms with Gasteiger partial charge in [0.2, 0.25) is 0 Å². The fourth-order valence-electron chi connectivity index (χ4n) is 3.34. The van der Waals surface area contributed by atoms with Gasteiger partial charge in [0.05, 0.1) is 5.56 Å². The Morgan fingerprint density at radius 1 is 1.26 bits per heavy atom. The highest BCUT2D eigenvalue weighted by atomic mass is 19.1. The van der Waals surface area contributed by atoms with E-state index in [9.17, 15) is 14.0 Å². The molecule has 0 bridgehead atoms. The van der Waals surface area contributed by atoms with Crippen molar-refractivity contribution in [2.45, 2.75) is 44.9 Å². The van der Waals surface area contributed by atoms with Crippen molar-refractivity contribution in [3.63, 3.8) is 0 Å². The van der Waals surface area contributed by atoms with E-state index in [1.807, 2.05) is 11.8 Å². The van der Waals surface area contributed by atoms with Crippen LogP contribution in [0.4, 0.5) is 10.1 Å². The maximum atomic E-state index is 13.8. The minimum absolute atomic E-state index is 0.00970. The molecule has 1 saturated carbocycles. The number of nitrogens with one attached hydrogen (secondary N) is 1. The summed E-state index contributed by atoms with van der Waals surface area (Å²) in [5, 5.41) is 2.73. The van der Waals surface area contributed by atoms with E-state index in [0.717, 1.165) is 18.4 Å². The quantitative estimate of drug-likeness (QED) is 0.894. The Hall–Kier alpha value is -2.89. The average Bonchev–Trinajstić information content (AvgIpc) is 3.50. The van der Waals surface area contributed by atoms with Crippen LogP contribution in [0, 0.1) is 5.82 Å². The normalized spacial score (nSPS) is 19.1. The first-order valence-corrected chi connectivity index (χ1v) is 9.22. The maximum absolute atomic E-state index is 13.8. The van der Waals surface area contributed by atoms with Gasteiger partial charge in [0.1, 0.15) is 11.6 Å². The molecule has 2 aromatic carbocycles. The third-order valence-electron chi connectivity index (χ3n) is 4.96. The molecule has 1 unspecified atom stereocenters. The molecule has 6 heteroatoms. The second-order valence-corrected chi connectivity index (χ2v) is 6.97. The number of ether oxygens (including phenoxy) is 1. The van der Waals surface area contributed by atoms with Crippen molar-refractivity contribution in [3.05, 3.63) is 59.4 Å². The second-order valence-electron chi connectivity index (χ2n) is 6.97. The van der Waals surface area contributed by atoms with E-state index in [1.165, 1.54) is 12.1 Å². The minimum Gasteiger partial charge on any atom is -0.480 e. The van der Waals surface area contributed by atoms with E-state index in [4.69, 9.17) is 4.74 Å². The standard InChI is InChI=1S/C21H21FN2O3/c1-2-18-21(26)24(15-8-9-15)12-13-11-14(7-10-19(13)27-18)23-20(25)16-5-3-4-6-17(16)22/h3-7,10-11,15,18H,2,8-9,12H2,1H3,(H,23,25). The number of rotatable bonds is 4. The van der Waals surface area contributed by atoms with Crippen LogP contribution in [0.25, 0.3) is 0 Å². The lowest BCUT2D eigenvalue weighted by Gasteiger charge is -2.22. The first kappa shape index (κ1) is 17.5. The number of hydrogen-bond donors (Lipinski definition) is 1. The Bertz CT molecular complexity index is 895. The summed E-state index contributed by atoms with van der Waals surface area (Å²) in [6.07, 6.45) is 2.15. The molecule has 2 aliphatic rings. The number of nitrogens with zero attached hydrogens (tertiary/aromatic N) is 1. The van der Waals surface area contributed by atoms with Gasteiger partial charge in [-0.2, -0.15) is 0 Å². The summed E-state index contributed by atoms with van der Waals surface area (Å²) in [5.41, 5.74) is 1.38. The predicted molar refractivity (Wildman–Crippen MR) is 99.1 cm³/mol. The molecule has 0 spiro atoms. The van der Waals surface area contributed by atoms with Crippen molar-refractivity contribution in [1.82, 2.24) is 4.90 Å². The fraction of sp³-hybridized carbons (Fsp3) is 0.333. The van der Waals surface area contributed by atoms with Crippen LogP contribution >= 0.6 is 0 Å². The van der Waals surface area contributed by atoms with Crippen LogP contribution in [0.2, 0.25) is 0 Å². The van der Waals surface area contributed by atoms with Gasteiger partial charge >= 0.3 is 0 Å². The Labute approximate surface area is 157 Å². The van der Waals surface area contributed by atoms with Crippen LogP contribution in [0.5, 0.6) is 5.75 Å². The molecule has 1 atom stereocenters. The molecule has 1 aliphatic heterocycles. The van der Waals surface area contributed by atoms with Gasteiger partial charge in [-0.05, 0) is 49.6 Å². The molecular weight excluding hydrogens is 347 g/mol. The summed E-state index contributed by atoms with van der Waals surface area (Å²) in [6.45, 7) is 2.39. The van der Waals surface area contributed by atoms with Crippen LogP contribution in [-0.2, 0) is 11.3 Å². The van der Waals surface area contributed by atoms with Gasteiger partial charge in [0, 0.05) is 23.8 Å². The van der Waals surface area contributed by atoms with E-state index in [1.54, 1.807) is 30.3 Å². The number of amides is 2. The third-order valence-corrected chi connectivity index (χ3v) is 4.96. The van der Waals surface area contributed by atoms with Crippen LogP contribution in [0.1, 0.15) is 42.1 Å². The van der Waals surface area contributed by atoms with E-state index >= 15 is 0 Å². The zero-order chi connectivity index (χ0) is 19.0. The van der Waals surface area contributed by atoms with Crippen molar-refractivity contribution in [1.29, 1.82) is 0 Å². The minimum atomic E-state index is -0.565. The molecular formula is C21H21FN2O3. The Morgan fingerprint density at radius 2 is 2.04 bits per heavy atom. The third kappa shape index (κ3) is 3.52. The molecule has 1 N–H and O–H groups in total. The zero-order valence-corrected chi connectivity index (χ0v) is 15.1. The molecule has 0 saturated heterocycles. The fourth-order valence-corrected chi connectivity index (χ4v) is 3.34. The highest BCUT2D eigenvalue weighted by molar-refractivity contribution is 6.04. The molecule has 140 valence electrons. The van der Waals surface area contributed by atoms with Gasteiger partial charge in [0.15, 0.2) is 6.10 Å². The highest BCUT2D eigenvalue weighted by Gasteiger charge is 2.38. The first-order valence-electron chi connectivity index (χ1n) is 9.22. The van der Waals surface area contributed by atoms with Gasteiger partial charge in [-0.1, -0.05) is 19.1 Å². The van der Waals surface area contributed by atoms with Crippen LogP contribution in [0.15, 0.2) is 42.5 Å². The molecule has 2 aromatic rings. The van der Waals surface area contributed by atoms with Gasteiger partial charge in [0.25, 0.3) is 11.8 Å². The van der Waals surface area contributed by atoms with Crippen LogP contribution in [-0.4, -0.2) is 28.9 Å². The average molecular weight is 368 g/mol. The van der Waals surface area contributed by atoms with Gasteiger partial charge in [-0.25, -0.2) is 4.39 Å². The number of carbonyl (C=O) groups is 2. The van der Waals surface area contributed by atoms with Crippen molar-refractivity contribution in [2.24, 2.45) is 0 Å². The molecule has 1 aliphatic carbocycles. The Morgan fingerprint density at radius 3 is 2.74 bits per heavy atom. The van der Waals surface area contributed by atoms with Crippen LogP contribution < -0.4 is 10.1 Å². The summed E-state index contributed by atoms with van der Waals surface area (Å²) in [4.78, 5) is 26.9. The summed E-state index contributed by atoms with van der Waals surface area (Å²) < 4.78 is 19.7. The summed E-state index contributed by atoms with van der Waals surface area (Å²) in [6, 6.07) is 11.4. The van der Waals surface area contributed by atoms with Gasteiger partial charge in [-0.3, -0.25) is 9.59 Å². The van der Waals surface area contributed by atoms with Crippen molar-refractivity contribution >= 4 is 17.5 Å². The number of hydrogen-bond acceptors (Lipinski definition) is 3. The second kappa shape index (κ2) is 7.02. The SMILES string of the molecule is CCC1Oc2ccc(NC(=O)c3ccccc3F)cc2CN(C2CC2)C1=O. The van der Waals surface area contributed by atoms with Crippen molar-refractivity contribution in [3.8, 4) is 5.75 Å². The lowest BCUT2D eigenvalue weighted by atomic mass is 10.1. The molecule has 2 amide bonds. The van der Waals surface area contributed by atoms with E-state index in [-0.39, 0.29) is 17.5 Å². The molecule has 0 radical (unpaired) electrons. The number of halogens is 1. The monoisotopic (exact) mass is 368 g/mol. The summed E-state index contributed by atoms with van der Waals surface area (Å²) in [5.74, 6) is -0.399. The van der Waals surface area contributed by atoms with Crippen LogP contribution in [0.3, 0.4) is 0 Å². The number of benzene rings is 2. The Kier molecular flexibility index (Phi) is 4.56. The topological polar surface area (TPSA) is 58.6 Å². The number of anilines is 1. The van der Waals surface area contributed by atoms with E-state index < -0.39 is 17.8 Å². The van der Waals surface area contributed by atoms with Crippen molar-refractivity contribution in [2.75, 3.05) is 5.32 Å². The molecule has 0 aromatic heterocycles. The molecule has 4 rings (SSSR count). The van der Waals surface area contributed by atoms with Gasteiger partial charge < -0.3 is 15.0 Å². The lowest BCUT2D eigenvalue weighted by molar-refractivity contribution is -0.139. The number of fused-ring (bicyclic) bond motifs is 1. The van der Waals surface area contributed by atoms with Crippen molar-refractivity contribution < 1.29 is 18.7 Å². The summed E-state index contributed by atoms with van der Waals surface area (Å²) >= 11 is 0. The lowest BCUT2D eigenvalue weighted by Crippen LogP contribution is -2.40. The molecule has 1 fully saturated rings. The maximum Gasteiger partial charge on any atom is 0.264 e. The highest BCUT2D eigenvalue weighted by Crippen LogP contribution is 2.35. The largest absolute Gasteiger partial charge is 0.480 e. The number of carbonyl (C=O) groups excluding carboxylic acids is 2. The molecule has 1 heterocycles. The van der Waals surface area contributed by atoms with E-state index in [0.29, 0.717) is 24.4 Å². The molecule has 27 heavy (non-hydrogen) atoms. The first-order chi connectivity index (χ1) is 13.1. The predicted octanol–water partition coefficient (Wildman–Crippen LogP) is 3.74. The smallest absolute Gasteiger partial charge is 0.264 e. The van der Waals surface area contributed by atoms with E-state index in [2.05, 4.69) is 5.32 Å². The van der Waals surface area contributed by atoms with Gasteiger partial charge in [-0.15, -0.1) is 0 Å². The Balaban J connectivity index is 1.59. The zero-order valence-electron chi connectivity index (χ0n) is 15.1.